The highest BCUT2D eigenvalue weighted by Crippen LogP contribution is 2.35. The standard InChI is InChI=1S/C40H43F2N9O2/c1-26-9-16-34(35(23-26)53-5)51(36-17-18-44-39(48-36)46-30-12-14-32(15-13-30)50-21-19-49(4)20-22-50)38(43)47-33-24-28(11-10-27(33)2)37(52)45-31-8-6-7-29(25-31)40(3,41)42/h6-18,23-25H,19-22H2,1-5H3,(H2,43,47)(H,45,52)(H,44,46,48). The van der Waals surface area contributed by atoms with E-state index < -0.39 is 11.8 Å². The van der Waals surface area contributed by atoms with Crippen LogP contribution in [0.15, 0.2) is 97.2 Å². The Balaban J connectivity index is 1.26. The number of hydrogen-bond acceptors (Lipinski definition) is 8. The smallest absolute Gasteiger partial charge is 0.270 e. The molecule has 0 spiro atoms. The number of benzene rings is 4. The van der Waals surface area contributed by atoms with Crippen LogP contribution in [0, 0.1) is 19.3 Å². The number of methoxy groups -OCH3 is 1. The van der Waals surface area contributed by atoms with Crippen LogP contribution in [0.25, 0.3) is 0 Å². The van der Waals surface area contributed by atoms with Crippen molar-refractivity contribution in [3.63, 3.8) is 0 Å². The fraction of sp³-hybridized carbons (Fsp3) is 0.250. The molecule has 0 saturated carbocycles. The van der Waals surface area contributed by atoms with E-state index in [1.54, 1.807) is 48.5 Å². The topological polar surface area (TPSA) is 122 Å². The minimum absolute atomic E-state index is 0.0770. The molecule has 0 aliphatic carbocycles. The van der Waals surface area contributed by atoms with E-state index in [1.165, 1.54) is 18.2 Å². The van der Waals surface area contributed by atoms with Crippen LogP contribution in [0.5, 0.6) is 5.75 Å². The van der Waals surface area contributed by atoms with Crippen molar-refractivity contribution in [2.45, 2.75) is 26.7 Å². The number of nitrogens with one attached hydrogen (secondary N) is 4. The lowest BCUT2D eigenvalue weighted by Crippen LogP contribution is -2.44. The largest absolute Gasteiger partial charge is 0.495 e. The number of carbonyl (C=O) groups is 1. The predicted molar refractivity (Wildman–Crippen MR) is 208 cm³/mol. The van der Waals surface area contributed by atoms with Gasteiger partial charge in [-0.3, -0.25) is 15.1 Å². The van der Waals surface area contributed by atoms with Gasteiger partial charge in [0.1, 0.15) is 11.6 Å². The van der Waals surface area contributed by atoms with Gasteiger partial charge in [0.25, 0.3) is 11.8 Å². The molecule has 1 aliphatic rings. The van der Waals surface area contributed by atoms with Gasteiger partial charge < -0.3 is 30.5 Å². The maximum absolute atomic E-state index is 13.9. The molecule has 0 radical (unpaired) electrons. The van der Waals surface area contributed by atoms with Gasteiger partial charge in [-0.2, -0.15) is 4.98 Å². The molecule has 2 heterocycles. The van der Waals surface area contributed by atoms with E-state index in [-0.39, 0.29) is 22.8 Å². The van der Waals surface area contributed by atoms with E-state index in [9.17, 15) is 19.0 Å². The van der Waals surface area contributed by atoms with Gasteiger partial charge in [-0.1, -0.05) is 24.3 Å². The number of carbonyl (C=O) groups excluding carboxylic acids is 1. The van der Waals surface area contributed by atoms with Crippen LogP contribution in [0.3, 0.4) is 0 Å². The van der Waals surface area contributed by atoms with E-state index in [2.05, 4.69) is 49.9 Å². The quantitative estimate of drug-likeness (QED) is 0.0837. The van der Waals surface area contributed by atoms with Gasteiger partial charge in [0.2, 0.25) is 11.9 Å². The Morgan fingerprint density at radius 1 is 0.906 bits per heavy atom. The van der Waals surface area contributed by atoms with Crippen molar-refractivity contribution >= 4 is 52.1 Å². The first kappa shape index (κ1) is 36.7. The van der Waals surface area contributed by atoms with Crippen molar-refractivity contribution in [1.82, 2.24) is 14.9 Å². The third-order valence-corrected chi connectivity index (χ3v) is 9.04. The summed E-state index contributed by atoms with van der Waals surface area (Å²) in [5.41, 5.74) is 5.05. The molecule has 4 N–H and O–H groups in total. The predicted octanol–water partition coefficient (Wildman–Crippen LogP) is 8.15. The third kappa shape index (κ3) is 8.87. The lowest BCUT2D eigenvalue weighted by Gasteiger charge is -2.34. The van der Waals surface area contributed by atoms with E-state index in [0.29, 0.717) is 28.9 Å². The SMILES string of the molecule is COc1cc(C)ccc1N(C(=N)Nc1cc(C(=O)Nc2cccc(C(C)(F)F)c2)ccc1C)c1ccnc(Nc2ccc(N3CCN(C)CC3)cc2)n1. The second kappa shape index (κ2) is 15.7. The first-order chi connectivity index (χ1) is 25.4. The zero-order valence-corrected chi connectivity index (χ0v) is 30.4. The number of halogens is 2. The Labute approximate surface area is 308 Å². The zero-order valence-electron chi connectivity index (χ0n) is 30.4. The molecule has 1 saturated heterocycles. The summed E-state index contributed by atoms with van der Waals surface area (Å²) < 4.78 is 33.6. The molecule has 0 unspecified atom stereocenters. The summed E-state index contributed by atoms with van der Waals surface area (Å²) in [5, 5.41) is 18.5. The number of guanidine groups is 1. The number of hydrogen-bond donors (Lipinski definition) is 4. The summed E-state index contributed by atoms with van der Waals surface area (Å²) in [5.74, 6) is -2.38. The number of ether oxygens (including phenoxy) is 1. The van der Waals surface area contributed by atoms with Crippen LogP contribution in [0.1, 0.15) is 34.0 Å². The van der Waals surface area contributed by atoms with Gasteiger partial charge >= 0.3 is 0 Å². The van der Waals surface area contributed by atoms with Crippen molar-refractivity contribution in [1.29, 1.82) is 5.41 Å². The number of nitrogens with zero attached hydrogens (tertiary/aromatic N) is 5. The molecule has 274 valence electrons. The fourth-order valence-corrected chi connectivity index (χ4v) is 5.97. The minimum atomic E-state index is -3.05. The van der Waals surface area contributed by atoms with Crippen LogP contribution in [0.4, 0.5) is 49.0 Å². The van der Waals surface area contributed by atoms with Crippen LogP contribution in [-0.4, -0.2) is 67.1 Å². The van der Waals surface area contributed by atoms with Gasteiger partial charge in [0.15, 0.2) is 0 Å². The van der Waals surface area contributed by atoms with Gasteiger partial charge in [-0.15, -0.1) is 0 Å². The van der Waals surface area contributed by atoms with Crippen LogP contribution in [-0.2, 0) is 5.92 Å². The summed E-state index contributed by atoms with van der Waals surface area (Å²) in [7, 11) is 3.70. The molecule has 4 aromatic carbocycles. The van der Waals surface area contributed by atoms with Gasteiger partial charge in [-0.25, -0.2) is 13.8 Å². The molecule has 0 atom stereocenters. The molecular formula is C40H43F2N9O2. The Morgan fingerprint density at radius 3 is 2.38 bits per heavy atom. The fourth-order valence-electron chi connectivity index (χ4n) is 5.97. The Morgan fingerprint density at radius 2 is 1.66 bits per heavy atom. The number of aromatic nitrogens is 2. The number of likely N-dealkylation sites (N-methyl/N-ethyl adjacent to an activating group) is 1. The number of piperazine rings is 1. The van der Waals surface area contributed by atoms with Crippen molar-refractivity contribution < 1.29 is 18.3 Å². The molecule has 1 fully saturated rings. The van der Waals surface area contributed by atoms with Crippen molar-refractivity contribution in [3.05, 3.63) is 119 Å². The van der Waals surface area contributed by atoms with E-state index in [0.717, 1.165) is 55.6 Å². The monoisotopic (exact) mass is 719 g/mol. The Kier molecular flexibility index (Phi) is 10.8. The molecule has 1 aliphatic heterocycles. The summed E-state index contributed by atoms with van der Waals surface area (Å²) in [6.45, 7) is 8.60. The highest BCUT2D eigenvalue weighted by Gasteiger charge is 2.25. The van der Waals surface area contributed by atoms with Gasteiger partial charge in [0, 0.05) is 79.2 Å². The van der Waals surface area contributed by atoms with Gasteiger partial charge in [-0.05, 0) is 92.7 Å². The molecule has 13 heteroatoms. The van der Waals surface area contributed by atoms with E-state index >= 15 is 0 Å². The number of aryl methyl sites for hydroxylation is 2. The van der Waals surface area contributed by atoms with Crippen molar-refractivity contribution in [2.75, 3.05) is 66.1 Å². The molecule has 53 heavy (non-hydrogen) atoms. The van der Waals surface area contributed by atoms with Crippen LogP contribution in [0.2, 0.25) is 0 Å². The first-order valence-corrected chi connectivity index (χ1v) is 17.2. The normalized spacial score (nSPS) is 13.3. The molecule has 11 nitrogen and oxygen atoms in total. The number of anilines is 7. The number of alkyl halides is 2. The highest BCUT2D eigenvalue weighted by molar-refractivity contribution is 6.10. The molecule has 1 amide bonds. The Hall–Kier alpha value is -6.08. The summed E-state index contributed by atoms with van der Waals surface area (Å²) >= 11 is 0. The summed E-state index contributed by atoms with van der Waals surface area (Å²) in [4.78, 5) is 28.8. The van der Waals surface area contributed by atoms with Crippen molar-refractivity contribution in [2.24, 2.45) is 0 Å². The number of amides is 1. The van der Waals surface area contributed by atoms with Gasteiger partial charge in [0.05, 0.1) is 12.8 Å². The Bertz CT molecular complexity index is 2100. The average molecular weight is 720 g/mol. The lowest BCUT2D eigenvalue weighted by atomic mass is 10.1. The maximum Gasteiger partial charge on any atom is 0.270 e. The molecule has 5 aromatic rings. The lowest BCUT2D eigenvalue weighted by molar-refractivity contribution is 0.0175. The molecule has 0 bridgehead atoms. The molecule has 1 aromatic heterocycles. The number of rotatable bonds is 10. The van der Waals surface area contributed by atoms with E-state index in [1.807, 2.05) is 44.2 Å². The first-order valence-electron chi connectivity index (χ1n) is 17.2. The zero-order chi connectivity index (χ0) is 37.7. The molecule has 6 rings (SSSR count). The third-order valence-electron chi connectivity index (χ3n) is 9.04. The average Bonchev–Trinajstić information content (AvgIpc) is 3.14. The summed E-state index contributed by atoms with van der Waals surface area (Å²) in [6.07, 6.45) is 1.61. The highest BCUT2D eigenvalue weighted by atomic mass is 19.3. The van der Waals surface area contributed by atoms with Crippen LogP contribution < -0.4 is 30.5 Å². The maximum atomic E-state index is 13.9. The van der Waals surface area contributed by atoms with E-state index in [4.69, 9.17) is 9.72 Å². The van der Waals surface area contributed by atoms with Crippen molar-refractivity contribution in [3.8, 4) is 5.75 Å². The van der Waals surface area contributed by atoms with Crippen LogP contribution >= 0.6 is 0 Å². The minimum Gasteiger partial charge on any atom is -0.495 e. The molecular weight excluding hydrogens is 676 g/mol. The second-order valence-electron chi connectivity index (χ2n) is 13.1. The second-order valence-corrected chi connectivity index (χ2v) is 13.1. The summed E-state index contributed by atoms with van der Waals surface area (Å²) in [6, 6.07) is 26.1.